The number of aliphatic hydroxyl groups is 3. The average Bonchev–Trinajstić information content (AvgIpc) is 2.45. The van der Waals surface area contributed by atoms with Crippen LogP contribution in [0.2, 0.25) is 0 Å². The smallest absolute Gasteiger partial charge is 0.335 e. The molecule has 7 heteroatoms. The summed E-state index contributed by atoms with van der Waals surface area (Å²) in [5.41, 5.74) is 0. The van der Waals surface area contributed by atoms with Crippen LogP contribution in [-0.2, 0) is 14.3 Å². The van der Waals surface area contributed by atoms with Crippen molar-refractivity contribution in [1.82, 2.24) is 0 Å². The Balaban J connectivity index is 2.31. The van der Waals surface area contributed by atoms with E-state index in [0.717, 1.165) is 19.3 Å². The molecule has 5 atom stereocenters. The van der Waals surface area contributed by atoms with Crippen LogP contribution in [0.25, 0.3) is 0 Å². The molecule has 0 aromatic heterocycles. The van der Waals surface area contributed by atoms with Crippen LogP contribution in [0.15, 0.2) is 0 Å². The van der Waals surface area contributed by atoms with E-state index in [1.807, 2.05) is 0 Å². The highest BCUT2D eigenvalue weighted by molar-refractivity contribution is 5.73. The molecular weight excluding hydrogens is 280 g/mol. The van der Waals surface area contributed by atoms with E-state index in [-0.39, 0.29) is 0 Å². The summed E-state index contributed by atoms with van der Waals surface area (Å²) >= 11 is 0. The van der Waals surface area contributed by atoms with Gasteiger partial charge in [-0.2, -0.15) is 0 Å². The average molecular weight is 306 g/mol. The lowest BCUT2D eigenvalue weighted by Gasteiger charge is -2.38. The van der Waals surface area contributed by atoms with Gasteiger partial charge >= 0.3 is 5.97 Å². The van der Waals surface area contributed by atoms with Crippen LogP contribution in [0.1, 0.15) is 45.4 Å². The Hall–Kier alpha value is -0.730. The summed E-state index contributed by atoms with van der Waals surface area (Å²) in [6.45, 7) is 2.45. The van der Waals surface area contributed by atoms with Crippen molar-refractivity contribution in [3.05, 3.63) is 0 Å². The van der Waals surface area contributed by atoms with E-state index in [2.05, 4.69) is 6.92 Å². The Bertz CT molecular complexity index is 310. The summed E-state index contributed by atoms with van der Waals surface area (Å²) in [7, 11) is 0. The molecule has 0 radical (unpaired) electrons. The summed E-state index contributed by atoms with van der Waals surface area (Å²) in [5.74, 6) is -1.40. The molecule has 0 aromatic rings. The number of aliphatic hydroxyl groups excluding tert-OH is 3. The topological polar surface area (TPSA) is 116 Å². The van der Waals surface area contributed by atoms with Gasteiger partial charge in [-0.05, 0) is 6.42 Å². The number of hydrogen-bond donors (Lipinski definition) is 4. The monoisotopic (exact) mass is 306 g/mol. The van der Waals surface area contributed by atoms with Gasteiger partial charge in [-0.3, -0.25) is 0 Å². The van der Waals surface area contributed by atoms with E-state index in [1.54, 1.807) is 0 Å². The molecule has 21 heavy (non-hydrogen) atoms. The van der Waals surface area contributed by atoms with Gasteiger partial charge in [-0.15, -0.1) is 0 Å². The molecule has 7 nitrogen and oxygen atoms in total. The Morgan fingerprint density at radius 3 is 2.24 bits per heavy atom. The first-order valence-corrected chi connectivity index (χ1v) is 7.53. The first-order valence-electron chi connectivity index (χ1n) is 7.53. The van der Waals surface area contributed by atoms with E-state index < -0.39 is 36.7 Å². The first-order chi connectivity index (χ1) is 9.99. The molecule has 0 aromatic carbocycles. The zero-order valence-electron chi connectivity index (χ0n) is 12.4. The maximum absolute atomic E-state index is 10.9. The fraction of sp³-hybridized carbons (Fsp3) is 0.929. The van der Waals surface area contributed by atoms with E-state index in [0.29, 0.717) is 6.61 Å². The fourth-order valence-corrected chi connectivity index (χ4v) is 2.27. The number of carboxylic acids is 1. The van der Waals surface area contributed by atoms with E-state index in [9.17, 15) is 20.1 Å². The minimum atomic E-state index is -1.67. The van der Waals surface area contributed by atoms with Crippen molar-refractivity contribution in [2.75, 3.05) is 6.61 Å². The number of carboxylic acid groups (broad SMARTS) is 1. The van der Waals surface area contributed by atoms with Crippen molar-refractivity contribution in [1.29, 1.82) is 0 Å². The second kappa shape index (κ2) is 9.32. The Labute approximate surface area is 124 Å². The van der Waals surface area contributed by atoms with Gasteiger partial charge in [0, 0.05) is 6.61 Å². The summed E-state index contributed by atoms with van der Waals surface area (Å²) in [4.78, 5) is 10.9. The van der Waals surface area contributed by atoms with Crippen molar-refractivity contribution in [2.45, 2.75) is 76.2 Å². The van der Waals surface area contributed by atoms with E-state index >= 15 is 0 Å². The van der Waals surface area contributed by atoms with Gasteiger partial charge in [-0.1, -0.05) is 39.0 Å². The third kappa shape index (κ3) is 5.52. The molecule has 4 N–H and O–H groups in total. The van der Waals surface area contributed by atoms with Gasteiger partial charge in [0.2, 0.25) is 0 Å². The Kier molecular flexibility index (Phi) is 8.13. The third-order valence-electron chi connectivity index (χ3n) is 3.59. The van der Waals surface area contributed by atoms with Gasteiger partial charge < -0.3 is 29.9 Å². The summed E-state index contributed by atoms with van der Waals surface area (Å²) in [6.07, 6.45) is -1.17. The number of aliphatic carboxylic acids is 1. The minimum absolute atomic E-state index is 0.309. The van der Waals surface area contributed by atoms with Gasteiger partial charge in [0.25, 0.3) is 0 Å². The molecule has 0 spiro atoms. The second-order valence-electron chi connectivity index (χ2n) is 5.37. The summed E-state index contributed by atoms with van der Waals surface area (Å²) in [5, 5.41) is 37.7. The van der Waals surface area contributed by atoms with Crippen LogP contribution in [-0.4, -0.2) is 63.7 Å². The number of ether oxygens (including phenoxy) is 2. The molecule has 1 aliphatic rings. The predicted molar refractivity (Wildman–Crippen MR) is 73.6 cm³/mol. The lowest BCUT2D eigenvalue weighted by atomic mass is 9.99. The molecule has 124 valence electrons. The zero-order chi connectivity index (χ0) is 15.8. The number of unbranched alkanes of at least 4 members (excludes halogenated alkanes) is 5. The molecule has 0 aliphatic carbocycles. The fourth-order valence-electron chi connectivity index (χ4n) is 2.27. The highest BCUT2D eigenvalue weighted by atomic mass is 16.7. The molecule has 0 saturated carbocycles. The molecule has 0 amide bonds. The Morgan fingerprint density at radius 1 is 1.00 bits per heavy atom. The Morgan fingerprint density at radius 2 is 1.62 bits per heavy atom. The van der Waals surface area contributed by atoms with Crippen LogP contribution in [0.5, 0.6) is 0 Å². The quantitative estimate of drug-likeness (QED) is 0.451. The van der Waals surface area contributed by atoms with Crippen molar-refractivity contribution in [2.24, 2.45) is 0 Å². The van der Waals surface area contributed by atoms with Gasteiger partial charge in [0.1, 0.15) is 18.3 Å². The number of rotatable bonds is 9. The van der Waals surface area contributed by atoms with Crippen LogP contribution >= 0.6 is 0 Å². The zero-order valence-corrected chi connectivity index (χ0v) is 12.4. The second-order valence-corrected chi connectivity index (χ2v) is 5.37. The summed E-state index contributed by atoms with van der Waals surface area (Å²) in [6, 6.07) is 0. The SMILES string of the molecule is CCCCCCCCO[C@H]1OC(C(=O)O)[C@@H](O)[C@H](O)[C@H]1O. The van der Waals surface area contributed by atoms with E-state index in [1.165, 1.54) is 19.3 Å². The molecule has 1 rings (SSSR count). The first kappa shape index (κ1) is 18.3. The molecule has 1 fully saturated rings. The highest BCUT2D eigenvalue weighted by Crippen LogP contribution is 2.22. The van der Waals surface area contributed by atoms with Gasteiger partial charge in [-0.25, -0.2) is 4.79 Å². The lowest BCUT2D eigenvalue weighted by Crippen LogP contribution is -2.60. The molecule has 1 unspecified atom stereocenters. The van der Waals surface area contributed by atoms with Crippen molar-refractivity contribution >= 4 is 5.97 Å². The standard InChI is InChI=1S/C14H26O7/c1-2-3-4-5-6-7-8-20-14-11(17)9(15)10(16)12(21-14)13(18)19/h9-12,14-17H,2-8H2,1H3,(H,18,19)/t9-,10-,11+,12?,14-/m0/s1. The number of carbonyl (C=O) groups is 1. The van der Waals surface area contributed by atoms with Crippen LogP contribution in [0.4, 0.5) is 0 Å². The maximum atomic E-state index is 10.9. The van der Waals surface area contributed by atoms with Crippen LogP contribution in [0, 0.1) is 0 Å². The van der Waals surface area contributed by atoms with Gasteiger partial charge in [0.05, 0.1) is 0 Å². The van der Waals surface area contributed by atoms with E-state index in [4.69, 9.17) is 14.6 Å². The molecular formula is C14H26O7. The number of hydrogen-bond acceptors (Lipinski definition) is 6. The third-order valence-corrected chi connectivity index (χ3v) is 3.59. The molecule has 1 heterocycles. The normalized spacial score (nSPS) is 33.0. The van der Waals surface area contributed by atoms with Crippen molar-refractivity contribution < 1.29 is 34.7 Å². The highest BCUT2D eigenvalue weighted by Gasteiger charge is 2.47. The van der Waals surface area contributed by atoms with Gasteiger partial charge in [0.15, 0.2) is 12.4 Å². The molecule has 0 bridgehead atoms. The summed E-state index contributed by atoms with van der Waals surface area (Å²) < 4.78 is 10.3. The largest absolute Gasteiger partial charge is 0.479 e. The van der Waals surface area contributed by atoms with Crippen LogP contribution < -0.4 is 0 Å². The lowest BCUT2D eigenvalue weighted by molar-refractivity contribution is -0.294. The molecule has 1 aliphatic heterocycles. The van der Waals surface area contributed by atoms with Crippen molar-refractivity contribution in [3.63, 3.8) is 0 Å². The minimum Gasteiger partial charge on any atom is -0.479 e. The maximum Gasteiger partial charge on any atom is 0.335 e. The molecule has 1 saturated heterocycles. The predicted octanol–water partition coefficient (Wildman–Crippen LogP) is 0.256. The van der Waals surface area contributed by atoms with Crippen molar-refractivity contribution in [3.8, 4) is 0 Å². The van der Waals surface area contributed by atoms with Crippen LogP contribution in [0.3, 0.4) is 0 Å².